The van der Waals surface area contributed by atoms with Gasteiger partial charge in [0.1, 0.15) is 6.04 Å². The minimum atomic E-state index is -0.975. The van der Waals surface area contributed by atoms with Crippen molar-refractivity contribution in [3.63, 3.8) is 0 Å². The van der Waals surface area contributed by atoms with E-state index in [1.807, 2.05) is 38.1 Å². The van der Waals surface area contributed by atoms with Crippen LogP contribution in [0.3, 0.4) is 0 Å². The molecule has 0 bridgehead atoms. The van der Waals surface area contributed by atoms with Crippen LogP contribution < -0.4 is 5.32 Å². The lowest BCUT2D eigenvalue weighted by Crippen LogP contribution is -2.40. The summed E-state index contributed by atoms with van der Waals surface area (Å²) in [5.41, 5.74) is 1.06. The normalized spacial score (nSPS) is 13.6. The molecule has 0 heterocycles. The zero-order valence-corrected chi connectivity index (χ0v) is 13.3. The second kappa shape index (κ2) is 8.04. The van der Waals surface area contributed by atoms with E-state index in [1.165, 1.54) is 0 Å². The zero-order valence-electron chi connectivity index (χ0n) is 11.7. The highest BCUT2D eigenvalue weighted by molar-refractivity contribution is 9.10. The van der Waals surface area contributed by atoms with Crippen LogP contribution in [0.2, 0.25) is 0 Å². The number of carboxylic acid groups (broad SMARTS) is 1. The Morgan fingerprint density at radius 2 is 1.90 bits per heavy atom. The van der Waals surface area contributed by atoms with Gasteiger partial charge in [-0.2, -0.15) is 0 Å². The van der Waals surface area contributed by atoms with Crippen molar-refractivity contribution in [3.05, 3.63) is 34.3 Å². The Bertz CT molecular complexity index is 459. The van der Waals surface area contributed by atoms with Crippen molar-refractivity contribution in [1.29, 1.82) is 0 Å². The lowest BCUT2D eigenvalue weighted by Gasteiger charge is -2.16. The Hall–Kier alpha value is -1.36. The number of carbonyl (C=O) groups excluding carboxylic acids is 1. The molecule has 0 radical (unpaired) electrons. The molecule has 0 fully saturated rings. The van der Waals surface area contributed by atoms with Crippen LogP contribution in [0.15, 0.2) is 28.7 Å². The van der Waals surface area contributed by atoms with Crippen LogP contribution >= 0.6 is 15.9 Å². The lowest BCUT2D eigenvalue weighted by atomic mass is 9.97. The molecule has 1 aromatic carbocycles. The van der Waals surface area contributed by atoms with E-state index in [2.05, 4.69) is 21.2 Å². The lowest BCUT2D eigenvalue weighted by molar-refractivity contribution is -0.142. The van der Waals surface area contributed by atoms with Gasteiger partial charge in [-0.3, -0.25) is 4.79 Å². The van der Waals surface area contributed by atoms with Gasteiger partial charge in [0.05, 0.1) is 0 Å². The quantitative estimate of drug-likeness (QED) is 0.799. The van der Waals surface area contributed by atoms with Crippen molar-refractivity contribution in [3.8, 4) is 0 Å². The second-order valence-electron chi connectivity index (χ2n) is 4.90. The maximum absolute atomic E-state index is 11.9. The largest absolute Gasteiger partial charge is 0.480 e. The average molecular weight is 342 g/mol. The van der Waals surface area contributed by atoms with Gasteiger partial charge in [-0.15, -0.1) is 0 Å². The predicted molar refractivity (Wildman–Crippen MR) is 81.6 cm³/mol. The fourth-order valence-electron chi connectivity index (χ4n) is 1.99. The molecular formula is C15H20BrNO3. The van der Waals surface area contributed by atoms with Gasteiger partial charge in [0.15, 0.2) is 0 Å². The van der Waals surface area contributed by atoms with Gasteiger partial charge in [0, 0.05) is 10.9 Å². The van der Waals surface area contributed by atoms with Crippen molar-refractivity contribution < 1.29 is 14.7 Å². The minimum absolute atomic E-state index is 0.0548. The number of benzene rings is 1. The van der Waals surface area contributed by atoms with Crippen molar-refractivity contribution in [2.75, 3.05) is 0 Å². The number of hydrogen-bond acceptors (Lipinski definition) is 2. The molecule has 1 aromatic rings. The molecule has 20 heavy (non-hydrogen) atoms. The highest BCUT2D eigenvalue weighted by Gasteiger charge is 2.20. The molecule has 2 unspecified atom stereocenters. The van der Waals surface area contributed by atoms with Gasteiger partial charge in [0.2, 0.25) is 5.91 Å². The van der Waals surface area contributed by atoms with Crippen LogP contribution in [-0.4, -0.2) is 23.0 Å². The third kappa shape index (κ3) is 5.33. The van der Waals surface area contributed by atoms with Crippen molar-refractivity contribution >= 4 is 27.8 Å². The number of halogens is 1. The first kappa shape index (κ1) is 16.7. The van der Waals surface area contributed by atoms with Crippen molar-refractivity contribution in [2.24, 2.45) is 0 Å². The molecule has 1 amide bonds. The average Bonchev–Trinajstić information content (AvgIpc) is 2.38. The monoisotopic (exact) mass is 341 g/mol. The molecule has 0 saturated carbocycles. The summed E-state index contributed by atoms with van der Waals surface area (Å²) in [5.74, 6) is -1.14. The Morgan fingerprint density at radius 3 is 2.40 bits per heavy atom. The highest BCUT2D eigenvalue weighted by Crippen LogP contribution is 2.21. The summed E-state index contributed by atoms with van der Waals surface area (Å²) < 4.78 is 0.992. The first-order valence-corrected chi connectivity index (χ1v) is 7.51. The zero-order chi connectivity index (χ0) is 15.1. The summed E-state index contributed by atoms with van der Waals surface area (Å²) in [6, 6.07) is 7.00. The molecule has 1 rings (SSSR count). The van der Waals surface area contributed by atoms with E-state index >= 15 is 0 Å². The molecule has 5 heteroatoms. The van der Waals surface area contributed by atoms with Crippen LogP contribution in [0.25, 0.3) is 0 Å². The molecule has 4 nitrogen and oxygen atoms in total. The smallest absolute Gasteiger partial charge is 0.326 e. The van der Waals surface area contributed by atoms with Crippen molar-refractivity contribution in [1.82, 2.24) is 5.32 Å². The van der Waals surface area contributed by atoms with Crippen LogP contribution in [-0.2, 0) is 9.59 Å². The fraction of sp³-hybridized carbons (Fsp3) is 0.467. The maximum Gasteiger partial charge on any atom is 0.326 e. The molecule has 2 atom stereocenters. The van der Waals surface area contributed by atoms with Gasteiger partial charge >= 0.3 is 5.97 Å². The topological polar surface area (TPSA) is 66.4 Å². The second-order valence-corrected chi connectivity index (χ2v) is 5.82. The van der Waals surface area contributed by atoms with Gasteiger partial charge in [-0.25, -0.2) is 4.79 Å². The number of nitrogens with one attached hydrogen (secondary N) is 1. The number of hydrogen-bond donors (Lipinski definition) is 2. The summed E-state index contributed by atoms with van der Waals surface area (Å²) in [5, 5.41) is 11.6. The molecule has 0 aliphatic heterocycles. The molecule has 0 aliphatic carbocycles. The van der Waals surface area contributed by atoms with E-state index in [0.29, 0.717) is 6.42 Å². The van der Waals surface area contributed by atoms with Crippen LogP contribution in [0.1, 0.15) is 44.6 Å². The van der Waals surface area contributed by atoms with Gasteiger partial charge in [0.25, 0.3) is 0 Å². The Labute approximate surface area is 127 Å². The van der Waals surface area contributed by atoms with E-state index in [-0.39, 0.29) is 18.2 Å². The summed E-state index contributed by atoms with van der Waals surface area (Å²) in [7, 11) is 0. The third-order valence-corrected chi connectivity index (χ3v) is 3.67. The SMILES string of the molecule is CCCC(NC(=O)CC(C)c1ccc(Br)cc1)C(=O)O. The Balaban J connectivity index is 2.56. The number of aliphatic carboxylic acids is 1. The summed E-state index contributed by atoms with van der Waals surface area (Å²) >= 11 is 3.37. The predicted octanol–water partition coefficient (Wildman–Crippen LogP) is 3.31. The van der Waals surface area contributed by atoms with E-state index in [9.17, 15) is 9.59 Å². The van der Waals surface area contributed by atoms with E-state index in [0.717, 1.165) is 16.5 Å². The summed E-state index contributed by atoms with van der Waals surface area (Å²) in [6.07, 6.45) is 1.46. The molecule has 0 aliphatic rings. The fourth-order valence-corrected chi connectivity index (χ4v) is 2.25. The molecule has 0 aromatic heterocycles. The summed E-state index contributed by atoms with van der Waals surface area (Å²) in [4.78, 5) is 22.9. The first-order chi connectivity index (χ1) is 9.43. The maximum atomic E-state index is 11.9. The van der Waals surface area contributed by atoms with Crippen molar-refractivity contribution in [2.45, 2.75) is 45.1 Å². The number of carboxylic acids is 1. The Morgan fingerprint density at radius 1 is 1.30 bits per heavy atom. The number of carbonyl (C=O) groups is 2. The first-order valence-electron chi connectivity index (χ1n) is 6.71. The molecule has 110 valence electrons. The Kier molecular flexibility index (Phi) is 6.71. The molecule has 0 spiro atoms. The minimum Gasteiger partial charge on any atom is -0.480 e. The molecule has 2 N–H and O–H groups in total. The van der Waals surface area contributed by atoms with Crippen LogP contribution in [0.5, 0.6) is 0 Å². The van der Waals surface area contributed by atoms with Crippen LogP contribution in [0, 0.1) is 0 Å². The van der Waals surface area contributed by atoms with E-state index < -0.39 is 12.0 Å². The van der Waals surface area contributed by atoms with Gasteiger partial charge in [-0.1, -0.05) is 48.3 Å². The van der Waals surface area contributed by atoms with E-state index in [4.69, 9.17) is 5.11 Å². The third-order valence-electron chi connectivity index (χ3n) is 3.14. The highest BCUT2D eigenvalue weighted by atomic mass is 79.9. The van der Waals surface area contributed by atoms with Crippen LogP contribution in [0.4, 0.5) is 0 Å². The molecule has 0 saturated heterocycles. The standard InChI is InChI=1S/C15H20BrNO3/c1-3-4-13(15(19)20)17-14(18)9-10(2)11-5-7-12(16)8-6-11/h5-8,10,13H,3-4,9H2,1-2H3,(H,17,18)(H,19,20). The van der Waals surface area contributed by atoms with Gasteiger partial charge < -0.3 is 10.4 Å². The number of amides is 1. The number of rotatable bonds is 7. The van der Waals surface area contributed by atoms with Gasteiger partial charge in [-0.05, 0) is 30.0 Å². The summed E-state index contributed by atoms with van der Waals surface area (Å²) in [6.45, 7) is 3.85. The van der Waals surface area contributed by atoms with E-state index in [1.54, 1.807) is 0 Å². The molecular weight excluding hydrogens is 322 g/mol.